The van der Waals surface area contributed by atoms with Crippen LogP contribution in [0.2, 0.25) is 5.02 Å². The molecule has 34 heavy (non-hydrogen) atoms. The standard InChI is InChI=1S/C25H19Br3ClN3O2/c1-2-3-23-31-22-9-8-18(27)12-19(22)25(33)32(23)30-13-16-10-20(28)24(21(29)11-16)34-14-15-4-6-17(26)7-5-15/h4-13H,2-3,14H2,1H3. The monoisotopic (exact) mass is 665 g/mol. The van der Waals surface area contributed by atoms with Crippen LogP contribution in [0.3, 0.4) is 0 Å². The Labute approximate surface area is 227 Å². The second-order valence-electron chi connectivity index (χ2n) is 7.53. The summed E-state index contributed by atoms with van der Waals surface area (Å²) in [6, 6.07) is 17.0. The topological polar surface area (TPSA) is 56.5 Å². The van der Waals surface area contributed by atoms with Crippen LogP contribution in [0.25, 0.3) is 10.9 Å². The van der Waals surface area contributed by atoms with E-state index in [2.05, 4.69) is 57.9 Å². The molecule has 0 fully saturated rings. The quantitative estimate of drug-likeness (QED) is 0.189. The SMILES string of the molecule is CCCc1nc2ccc(Br)cc2c(=O)n1N=Cc1cc(Cl)c(OCc2ccc(Br)cc2)c(Br)c1. The summed E-state index contributed by atoms with van der Waals surface area (Å²) in [7, 11) is 0. The summed E-state index contributed by atoms with van der Waals surface area (Å²) in [5, 5.41) is 5.41. The van der Waals surface area contributed by atoms with E-state index in [1.807, 2.05) is 49.4 Å². The molecule has 0 N–H and O–H groups in total. The lowest BCUT2D eigenvalue weighted by Crippen LogP contribution is -2.22. The first-order valence-electron chi connectivity index (χ1n) is 10.5. The number of halogens is 4. The molecular weight excluding hydrogens is 649 g/mol. The summed E-state index contributed by atoms with van der Waals surface area (Å²) < 4.78 is 9.81. The molecule has 0 radical (unpaired) electrons. The van der Waals surface area contributed by atoms with Crippen molar-refractivity contribution < 1.29 is 4.74 Å². The average Bonchev–Trinajstić information content (AvgIpc) is 2.80. The van der Waals surface area contributed by atoms with Crippen molar-refractivity contribution in [1.82, 2.24) is 9.66 Å². The van der Waals surface area contributed by atoms with Crippen molar-refractivity contribution in [3.05, 3.63) is 100 Å². The van der Waals surface area contributed by atoms with Crippen LogP contribution in [-0.4, -0.2) is 15.9 Å². The minimum absolute atomic E-state index is 0.217. The Balaban J connectivity index is 1.63. The van der Waals surface area contributed by atoms with Crippen LogP contribution in [0.5, 0.6) is 5.75 Å². The van der Waals surface area contributed by atoms with Gasteiger partial charge in [0.1, 0.15) is 12.4 Å². The first-order chi connectivity index (χ1) is 16.4. The molecule has 0 aliphatic carbocycles. The van der Waals surface area contributed by atoms with Gasteiger partial charge >= 0.3 is 0 Å². The van der Waals surface area contributed by atoms with Gasteiger partial charge in [0.15, 0.2) is 5.75 Å². The molecule has 1 aromatic heterocycles. The largest absolute Gasteiger partial charge is 0.486 e. The molecule has 0 amide bonds. The maximum absolute atomic E-state index is 13.2. The Morgan fingerprint density at radius 2 is 1.79 bits per heavy atom. The van der Waals surface area contributed by atoms with Crippen molar-refractivity contribution in [2.45, 2.75) is 26.4 Å². The van der Waals surface area contributed by atoms with Crippen molar-refractivity contribution in [3.8, 4) is 5.75 Å². The van der Waals surface area contributed by atoms with Crippen LogP contribution in [0.15, 0.2) is 77.9 Å². The third-order valence-corrected chi connectivity index (χ3v) is 6.88. The minimum atomic E-state index is -0.217. The number of fused-ring (bicyclic) bond motifs is 1. The van der Waals surface area contributed by atoms with Gasteiger partial charge in [-0.1, -0.05) is 62.5 Å². The zero-order valence-corrected chi connectivity index (χ0v) is 23.6. The Bertz CT molecular complexity index is 1410. The zero-order valence-electron chi connectivity index (χ0n) is 18.1. The van der Waals surface area contributed by atoms with Crippen molar-refractivity contribution >= 4 is 76.5 Å². The lowest BCUT2D eigenvalue weighted by atomic mass is 10.2. The second kappa shape index (κ2) is 11.2. The first kappa shape index (κ1) is 25.1. The highest BCUT2D eigenvalue weighted by Crippen LogP contribution is 2.35. The van der Waals surface area contributed by atoms with Crippen LogP contribution in [-0.2, 0) is 13.0 Å². The number of hydrogen-bond donors (Lipinski definition) is 0. The summed E-state index contributed by atoms with van der Waals surface area (Å²) in [6.45, 7) is 2.42. The van der Waals surface area contributed by atoms with Gasteiger partial charge in [0, 0.05) is 15.4 Å². The van der Waals surface area contributed by atoms with Gasteiger partial charge in [0.25, 0.3) is 5.56 Å². The van der Waals surface area contributed by atoms with E-state index in [9.17, 15) is 4.79 Å². The van der Waals surface area contributed by atoms with E-state index in [1.165, 1.54) is 4.68 Å². The number of aryl methyl sites for hydroxylation is 1. The molecule has 0 saturated heterocycles. The maximum Gasteiger partial charge on any atom is 0.282 e. The molecule has 0 aliphatic heterocycles. The molecule has 0 atom stereocenters. The third-order valence-electron chi connectivity index (χ3n) is 4.99. The van der Waals surface area contributed by atoms with Gasteiger partial charge < -0.3 is 4.74 Å². The summed E-state index contributed by atoms with van der Waals surface area (Å²) in [4.78, 5) is 17.8. The van der Waals surface area contributed by atoms with Crippen molar-refractivity contribution in [1.29, 1.82) is 0 Å². The van der Waals surface area contributed by atoms with Crippen molar-refractivity contribution in [3.63, 3.8) is 0 Å². The molecular formula is C25H19Br3ClN3O2. The Kier molecular flexibility index (Phi) is 8.24. The maximum atomic E-state index is 13.2. The normalized spacial score (nSPS) is 11.4. The smallest absolute Gasteiger partial charge is 0.282 e. The number of aromatic nitrogens is 2. The van der Waals surface area contributed by atoms with E-state index >= 15 is 0 Å². The molecule has 4 rings (SSSR count). The van der Waals surface area contributed by atoms with E-state index in [0.717, 1.165) is 26.5 Å². The minimum Gasteiger partial charge on any atom is -0.486 e. The van der Waals surface area contributed by atoms with Gasteiger partial charge in [-0.2, -0.15) is 9.78 Å². The van der Waals surface area contributed by atoms with Gasteiger partial charge in [-0.05, 0) is 75.9 Å². The fraction of sp³-hybridized carbons (Fsp3) is 0.160. The molecule has 0 aliphatic rings. The van der Waals surface area contributed by atoms with Crippen molar-refractivity contribution in [2.24, 2.45) is 5.10 Å². The van der Waals surface area contributed by atoms with Gasteiger partial charge in [0.2, 0.25) is 0 Å². The Morgan fingerprint density at radius 3 is 2.50 bits per heavy atom. The molecule has 0 saturated carbocycles. The van der Waals surface area contributed by atoms with Crippen LogP contribution >= 0.6 is 59.4 Å². The van der Waals surface area contributed by atoms with Gasteiger partial charge in [-0.25, -0.2) is 4.98 Å². The molecule has 4 aromatic rings. The van der Waals surface area contributed by atoms with E-state index < -0.39 is 0 Å². The highest BCUT2D eigenvalue weighted by atomic mass is 79.9. The molecule has 1 heterocycles. The van der Waals surface area contributed by atoms with Crippen LogP contribution < -0.4 is 10.3 Å². The average molecular weight is 669 g/mol. The molecule has 174 valence electrons. The highest BCUT2D eigenvalue weighted by molar-refractivity contribution is 9.11. The Hall–Kier alpha value is -2.00. The van der Waals surface area contributed by atoms with Gasteiger partial charge in [-0.3, -0.25) is 4.79 Å². The predicted octanol–water partition coefficient (Wildman–Crippen LogP) is 7.75. The fourth-order valence-corrected chi connectivity index (χ4v) is 4.97. The van der Waals surface area contributed by atoms with E-state index in [0.29, 0.717) is 45.0 Å². The second-order valence-corrected chi connectivity index (χ2v) is 10.6. The van der Waals surface area contributed by atoms with Crippen LogP contribution in [0.4, 0.5) is 0 Å². The summed E-state index contributed by atoms with van der Waals surface area (Å²) in [6.07, 6.45) is 3.07. The lowest BCUT2D eigenvalue weighted by molar-refractivity contribution is 0.304. The fourth-order valence-electron chi connectivity index (χ4n) is 3.35. The number of hydrogen-bond acceptors (Lipinski definition) is 4. The zero-order chi connectivity index (χ0) is 24.2. The predicted molar refractivity (Wildman–Crippen MR) is 148 cm³/mol. The molecule has 0 spiro atoms. The molecule has 0 unspecified atom stereocenters. The summed E-state index contributed by atoms with van der Waals surface area (Å²) in [5.41, 5.74) is 2.18. The number of benzene rings is 3. The lowest BCUT2D eigenvalue weighted by Gasteiger charge is -2.12. The van der Waals surface area contributed by atoms with Gasteiger partial charge in [0.05, 0.1) is 26.6 Å². The third kappa shape index (κ3) is 5.79. The summed E-state index contributed by atoms with van der Waals surface area (Å²) in [5.74, 6) is 1.15. The van der Waals surface area contributed by atoms with E-state index in [-0.39, 0.29) is 5.56 Å². The molecule has 3 aromatic carbocycles. The number of ether oxygens (including phenoxy) is 1. The van der Waals surface area contributed by atoms with Crippen LogP contribution in [0.1, 0.15) is 30.3 Å². The molecule has 5 nitrogen and oxygen atoms in total. The van der Waals surface area contributed by atoms with Crippen molar-refractivity contribution in [2.75, 3.05) is 0 Å². The van der Waals surface area contributed by atoms with Gasteiger partial charge in [-0.15, -0.1) is 0 Å². The molecule has 9 heteroatoms. The molecule has 0 bridgehead atoms. The van der Waals surface area contributed by atoms with Crippen LogP contribution in [0, 0.1) is 0 Å². The summed E-state index contributed by atoms with van der Waals surface area (Å²) >= 11 is 16.9. The Morgan fingerprint density at radius 1 is 1.06 bits per heavy atom. The number of nitrogens with zero attached hydrogens (tertiary/aromatic N) is 3. The highest BCUT2D eigenvalue weighted by Gasteiger charge is 2.12. The number of rotatable bonds is 7. The van der Waals surface area contributed by atoms with E-state index in [4.69, 9.17) is 16.3 Å². The first-order valence-corrected chi connectivity index (χ1v) is 13.2. The van der Waals surface area contributed by atoms with E-state index in [1.54, 1.807) is 18.3 Å².